The standard InChI is InChI=1S/C22H24N4O2S.C5H12/c1-5-14(11-23)18-6-7-19-20(26-18)17(13-29-19)15-8-9-24-16(10-15)12-25-21(27)28-22(2,3)4;1-4-5(2)3/h5-11,13,23H,12H2,1-4H3,(H,25,27);5H,4H2,1-3H3/b14-5+,23-11?;. The van der Waals surface area contributed by atoms with Crippen LogP contribution in [-0.4, -0.2) is 27.9 Å². The second kappa shape index (κ2) is 12.4. The van der Waals surface area contributed by atoms with Crippen molar-refractivity contribution in [2.75, 3.05) is 0 Å². The summed E-state index contributed by atoms with van der Waals surface area (Å²) in [5, 5.41) is 12.4. The monoisotopic (exact) mass is 480 g/mol. The minimum absolute atomic E-state index is 0.278. The Labute approximate surface area is 207 Å². The Morgan fingerprint density at radius 1 is 1.26 bits per heavy atom. The van der Waals surface area contributed by atoms with E-state index in [1.54, 1.807) is 17.5 Å². The first-order valence-corrected chi connectivity index (χ1v) is 12.4. The van der Waals surface area contributed by atoms with Gasteiger partial charge in [-0.3, -0.25) is 4.98 Å². The van der Waals surface area contributed by atoms with Crippen LogP contribution in [0.3, 0.4) is 0 Å². The molecule has 3 aromatic heterocycles. The molecule has 7 heteroatoms. The molecule has 0 aliphatic rings. The molecule has 0 atom stereocenters. The van der Waals surface area contributed by atoms with Gasteiger partial charge in [0.25, 0.3) is 0 Å². The predicted octanol–water partition coefficient (Wildman–Crippen LogP) is 7.49. The highest BCUT2D eigenvalue weighted by Gasteiger charge is 2.16. The smallest absolute Gasteiger partial charge is 0.407 e. The number of rotatable bonds is 6. The lowest BCUT2D eigenvalue weighted by Gasteiger charge is -2.19. The van der Waals surface area contributed by atoms with Crippen LogP contribution in [0, 0.1) is 11.3 Å². The minimum atomic E-state index is -0.541. The summed E-state index contributed by atoms with van der Waals surface area (Å²) in [7, 11) is 0. The third-order valence-corrected chi connectivity index (χ3v) is 5.87. The van der Waals surface area contributed by atoms with Crippen molar-refractivity contribution in [2.24, 2.45) is 5.92 Å². The number of fused-ring (bicyclic) bond motifs is 1. The Morgan fingerprint density at radius 2 is 1.97 bits per heavy atom. The van der Waals surface area contributed by atoms with Crippen molar-refractivity contribution in [1.82, 2.24) is 15.3 Å². The van der Waals surface area contributed by atoms with E-state index in [1.807, 2.05) is 58.0 Å². The summed E-state index contributed by atoms with van der Waals surface area (Å²) in [6.07, 6.45) is 5.75. The zero-order valence-electron chi connectivity index (χ0n) is 21.2. The molecule has 0 aromatic carbocycles. The van der Waals surface area contributed by atoms with Crippen LogP contribution in [0.4, 0.5) is 4.79 Å². The number of carbonyl (C=O) groups is 1. The molecular formula is C27H36N4O2S. The zero-order chi connectivity index (χ0) is 25.3. The molecule has 0 fully saturated rings. The van der Waals surface area contributed by atoms with Crippen LogP contribution in [0.1, 0.15) is 66.3 Å². The zero-order valence-corrected chi connectivity index (χ0v) is 22.0. The van der Waals surface area contributed by atoms with Crippen molar-refractivity contribution in [3.63, 3.8) is 0 Å². The Hall–Kier alpha value is -3.06. The predicted molar refractivity (Wildman–Crippen MR) is 143 cm³/mol. The summed E-state index contributed by atoms with van der Waals surface area (Å²) >= 11 is 1.63. The molecule has 6 nitrogen and oxygen atoms in total. The van der Waals surface area contributed by atoms with E-state index in [-0.39, 0.29) is 6.54 Å². The van der Waals surface area contributed by atoms with E-state index >= 15 is 0 Å². The van der Waals surface area contributed by atoms with Gasteiger partial charge in [-0.05, 0) is 63.4 Å². The first-order chi connectivity index (χ1) is 16.1. The molecule has 0 saturated heterocycles. The highest BCUT2D eigenvalue weighted by molar-refractivity contribution is 7.17. The van der Waals surface area contributed by atoms with Gasteiger partial charge in [-0.25, -0.2) is 9.78 Å². The quantitative estimate of drug-likeness (QED) is 0.358. The topological polar surface area (TPSA) is 88.0 Å². The Bertz CT molecular complexity index is 1140. The van der Waals surface area contributed by atoms with Crippen LogP contribution in [-0.2, 0) is 11.3 Å². The van der Waals surface area contributed by atoms with E-state index in [2.05, 4.69) is 36.5 Å². The maximum Gasteiger partial charge on any atom is 0.407 e. The Morgan fingerprint density at radius 3 is 2.56 bits per heavy atom. The highest BCUT2D eigenvalue weighted by atomic mass is 32.1. The van der Waals surface area contributed by atoms with E-state index in [0.717, 1.165) is 44.2 Å². The van der Waals surface area contributed by atoms with Crippen molar-refractivity contribution in [1.29, 1.82) is 5.41 Å². The summed E-state index contributed by atoms with van der Waals surface area (Å²) in [5.41, 5.74) is 4.63. The molecule has 3 heterocycles. The summed E-state index contributed by atoms with van der Waals surface area (Å²) in [6, 6.07) is 7.84. The molecule has 0 aliphatic carbocycles. The average Bonchev–Trinajstić information content (AvgIpc) is 3.21. The minimum Gasteiger partial charge on any atom is -0.444 e. The van der Waals surface area contributed by atoms with E-state index in [4.69, 9.17) is 15.1 Å². The van der Waals surface area contributed by atoms with E-state index in [9.17, 15) is 4.79 Å². The molecule has 34 heavy (non-hydrogen) atoms. The van der Waals surface area contributed by atoms with Gasteiger partial charge in [0.1, 0.15) is 5.60 Å². The number of carbonyl (C=O) groups excluding carboxylic acids is 1. The number of ether oxygens (including phenoxy) is 1. The summed E-state index contributed by atoms with van der Waals surface area (Å²) in [6.45, 7) is 14.3. The van der Waals surface area contributed by atoms with Crippen LogP contribution in [0.15, 0.2) is 41.9 Å². The number of alkyl carbamates (subject to hydrolysis) is 1. The molecule has 3 rings (SSSR count). The average molecular weight is 481 g/mol. The van der Waals surface area contributed by atoms with Crippen LogP contribution < -0.4 is 5.32 Å². The lowest BCUT2D eigenvalue weighted by Crippen LogP contribution is -2.32. The van der Waals surface area contributed by atoms with Crippen molar-refractivity contribution < 1.29 is 9.53 Å². The number of amides is 1. The van der Waals surface area contributed by atoms with Crippen molar-refractivity contribution in [2.45, 2.75) is 67.0 Å². The number of thiophene rings is 1. The maximum atomic E-state index is 11.9. The van der Waals surface area contributed by atoms with Gasteiger partial charge < -0.3 is 15.5 Å². The normalized spacial score (nSPS) is 11.7. The molecule has 0 bridgehead atoms. The van der Waals surface area contributed by atoms with Gasteiger partial charge in [-0.1, -0.05) is 33.3 Å². The van der Waals surface area contributed by atoms with Gasteiger partial charge in [-0.2, -0.15) is 0 Å². The SMILES string of the molecule is C/C=C(\C=N)c1ccc2scc(-c3ccnc(CNC(=O)OC(C)(C)C)c3)c2n1.CCC(C)C. The van der Waals surface area contributed by atoms with Crippen molar-refractivity contribution >= 4 is 39.4 Å². The number of allylic oxidation sites excluding steroid dienone is 2. The maximum absolute atomic E-state index is 11.9. The number of nitrogens with one attached hydrogen (secondary N) is 2. The largest absolute Gasteiger partial charge is 0.444 e. The second-order valence-corrected chi connectivity index (χ2v) is 10.2. The van der Waals surface area contributed by atoms with Crippen LogP contribution in [0.2, 0.25) is 0 Å². The molecule has 0 unspecified atom stereocenters. The molecular weight excluding hydrogens is 444 g/mol. The third kappa shape index (κ3) is 8.06. The van der Waals surface area contributed by atoms with E-state index in [1.165, 1.54) is 12.6 Å². The van der Waals surface area contributed by atoms with Crippen LogP contribution >= 0.6 is 11.3 Å². The highest BCUT2D eigenvalue weighted by Crippen LogP contribution is 2.33. The molecule has 3 aromatic rings. The van der Waals surface area contributed by atoms with Gasteiger partial charge >= 0.3 is 6.09 Å². The number of hydrogen-bond acceptors (Lipinski definition) is 6. The van der Waals surface area contributed by atoms with Crippen LogP contribution in [0.25, 0.3) is 26.9 Å². The molecule has 0 radical (unpaired) electrons. The summed E-state index contributed by atoms with van der Waals surface area (Å²) < 4.78 is 6.34. The van der Waals surface area contributed by atoms with E-state index in [0.29, 0.717) is 0 Å². The second-order valence-electron chi connectivity index (χ2n) is 9.27. The fraction of sp³-hybridized carbons (Fsp3) is 0.407. The van der Waals surface area contributed by atoms with Crippen LogP contribution in [0.5, 0.6) is 0 Å². The number of aromatic nitrogens is 2. The Kier molecular flexibility index (Phi) is 9.93. The lowest BCUT2D eigenvalue weighted by molar-refractivity contribution is 0.0523. The van der Waals surface area contributed by atoms with E-state index < -0.39 is 11.7 Å². The fourth-order valence-corrected chi connectivity index (χ4v) is 3.71. The molecule has 0 saturated carbocycles. The van der Waals surface area contributed by atoms with Gasteiger partial charge in [0.15, 0.2) is 0 Å². The first-order valence-electron chi connectivity index (χ1n) is 11.6. The number of pyridine rings is 2. The van der Waals surface area contributed by atoms with Gasteiger partial charge in [0.2, 0.25) is 0 Å². The molecule has 0 spiro atoms. The lowest BCUT2D eigenvalue weighted by atomic mass is 10.1. The van der Waals surface area contributed by atoms with Gasteiger partial charge in [0.05, 0.1) is 28.1 Å². The summed E-state index contributed by atoms with van der Waals surface area (Å²) in [4.78, 5) is 21.0. The first kappa shape index (κ1) is 27.2. The van der Waals surface area contributed by atoms with Crippen molar-refractivity contribution in [3.8, 4) is 11.1 Å². The fourth-order valence-electron chi connectivity index (χ4n) is 2.80. The van der Waals surface area contributed by atoms with Gasteiger partial charge in [0, 0.05) is 28.9 Å². The molecule has 1 amide bonds. The number of nitrogens with zero attached hydrogens (tertiary/aromatic N) is 2. The summed E-state index contributed by atoms with van der Waals surface area (Å²) in [5.74, 6) is 0.884. The third-order valence-electron chi connectivity index (χ3n) is 4.94. The van der Waals surface area contributed by atoms with Gasteiger partial charge in [-0.15, -0.1) is 11.3 Å². The number of hydrogen-bond donors (Lipinski definition) is 2. The molecule has 2 N–H and O–H groups in total. The molecule has 0 aliphatic heterocycles. The molecule has 182 valence electrons. The van der Waals surface area contributed by atoms with Crippen molar-refractivity contribution in [3.05, 3.63) is 53.3 Å². The Balaban J connectivity index is 0.000000739.